The van der Waals surface area contributed by atoms with Crippen molar-refractivity contribution in [1.29, 1.82) is 0 Å². The van der Waals surface area contributed by atoms with Crippen LogP contribution >= 0.6 is 0 Å². The summed E-state index contributed by atoms with van der Waals surface area (Å²) in [5, 5.41) is 14.3. The molecule has 20 heavy (non-hydrogen) atoms. The van der Waals surface area contributed by atoms with E-state index in [1.165, 1.54) is 0 Å². The van der Waals surface area contributed by atoms with E-state index in [1.807, 2.05) is 24.3 Å². The molecule has 2 rings (SSSR count). The zero-order valence-corrected chi connectivity index (χ0v) is 11.2. The number of rotatable bonds is 4. The first-order valence-electron chi connectivity index (χ1n) is 6.63. The van der Waals surface area contributed by atoms with Crippen molar-refractivity contribution in [3.63, 3.8) is 0 Å². The van der Waals surface area contributed by atoms with Gasteiger partial charge in [-0.05, 0) is 30.5 Å². The first-order chi connectivity index (χ1) is 9.69. The second-order valence-corrected chi connectivity index (χ2v) is 4.87. The predicted octanol–water partition coefficient (Wildman–Crippen LogP) is 1.34. The van der Waals surface area contributed by atoms with Gasteiger partial charge in [-0.1, -0.05) is 17.3 Å². The Morgan fingerprint density at radius 2 is 2.20 bits per heavy atom. The van der Waals surface area contributed by atoms with E-state index < -0.39 is 0 Å². The Morgan fingerprint density at radius 1 is 1.45 bits per heavy atom. The number of carbonyl (C=O) groups is 1. The van der Waals surface area contributed by atoms with Crippen LogP contribution in [0.25, 0.3) is 0 Å². The fourth-order valence-corrected chi connectivity index (χ4v) is 2.14. The topological polar surface area (TPSA) is 96.9 Å². The average molecular weight is 277 g/mol. The van der Waals surface area contributed by atoms with E-state index in [1.54, 1.807) is 0 Å². The third kappa shape index (κ3) is 3.96. The van der Waals surface area contributed by atoms with Crippen LogP contribution in [-0.2, 0) is 16.0 Å². The predicted molar refractivity (Wildman–Crippen MR) is 75.7 cm³/mol. The van der Waals surface area contributed by atoms with Gasteiger partial charge in [0.15, 0.2) is 0 Å². The van der Waals surface area contributed by atoms with Crippen molar-refractivity contribution in [3.8, 4) is 0 Å². The molecule has 4 N–H and O–H groups in total. The number of amidine groups is 1. The Kier molecular flexibility index (Phi) is 4.95. The minimum absolute atomic E-state index is 0.00566. The van der Waals surface area contributed by atoms with Gasteiger partial charge in [-0.15, -0.1) is 0 Å². The first kappa shape index (κ1) is 14.3. The molecule has 1 aromatic rings. The molecule has 1 aromatic carbocycles. The molecule has 0 spiro atoms. The Morgan fingerprint density at radius 3 is 2.80 bits per heavy atom. The largest absolute Gasteiger partial charge is 0.409 e. The summed E-state index contributed by atoms with van der Waals surface area (Å²) >= 11 is 0. The molecule has 6 heteroatoms. The number of ether oxygens (including phenoxy) is 1. The molecule has 6 nitrogen and oxygen atoms in total. The maximum atomic E-state index is 12.0. The van der Waals surface area contributed by atoms with Gasteiger partial charge >= 0.3 is 0 Å². The van der Waals surface area contributed by atoms with Crippen LogP contribution in [0, 0.1) is 5.92 Å². The molecule has 1 aliphatic rings. The van der Waals surface area contributed by atoms with Crippen LogP contribution in [-0.4, -0.2) is 30.2 Å². The lowest BCUT2D eigenvalue weighted by Crippen LogP contribution is -2.30. The van der Waals surface area contributed by atoms with E-state index in [-0.39, 0.29) is 17.7 Å². The fourth-order valence-electron chi connectivity index (χ4n) is 2.14. The smallest absolute Gasteiger partial charge is 0.229 e. The SMILES string of the molecule is NC(Cc1ccc(NC(=O)C2CCCOC2)cc1)=NO. The van der Waals surface area contributed by atoms with Crippen LogP contribution in [0.1, 0.15) is 18.4 Å². The molecule has 108 valence electrons. The van der Waals surface area contributed by atoms with Crippen LogP contribution < -0.4 is 11.1 Å². The molecule has 1 heterocycles. The summed E-state index contributed by atoms with van der Waals surface area (Å²) in [5.74, 6) is 0.0793. The summed E-state index contributed by atoms with van der Waals surface area (Å²) in [7, 11) is 0. The number of hydrogen-bond donors (Lipinski definition) is 3. The molecule has 0 aromatic heterocycles. The molecule has 1 unspecified atom stereocenters. The lowest BCUT2D eigenvalue weighted by atomic mass is 10.0. The molecule has 0 aliphatic carbocycles. The normalized spacial score (nSPS) is 19.6. The maximum Gasteiger partial charge on any atom is 0.229 e. The van der Waals surface area contributed by atoms with Crippen LogP contribution in [0.15, 0.2) is 29.4 Å². The lowest BCUT2D eigenvalue weighted by molar-refractivity contribution is -0.123. The number of oxime groups is 1. The Bertz CT molecular complexity index is 479. The maximum absolute atomic E-state index is 12.0. The molecular formula is C14H19N3O3. The lowest BCUT2D eigenvalue weighted by Gasteiger charge is -2.21. The monoisotopic (exact) mass is 277 g/mol. The van der Waals surface area contributed by atoms with E-state index in [9.17, 15) is 4.79 Å². The average Bonchev–Trinajstić information content (AvgIpc) is 2.50. The van der Waals surface area contributed by atoms with Gasteiger partial charge in [-0.2, -0.15) is 0 Å². The Balaban J connectivity index is 1.91. The molecule has 1 atom stereocenters. The van der Waals surface area contributed by atoms with E-state index in [2.05, 4.69) is 10.5 Å². The Hall–Kier alpha value is -2.08. The summed E-state index contributed by atoms with van der Waals surface area (Å²) in [5.41, 5.74) is 7.09. The standard InChI is InChI=1S/C14H19N3O3/c15-13(17-19)8-10-3-5-12(6-4-10)16-14(18)11-2-1-7-20-9-11/h3-6,11,19H,1-2,7-9H2,(H2,15,17)(H,16,18). The van der Waals surface area contributed by atoms with Gasteiger partial charge < -0.3 is 21.0 Å². The van der Waals surface area contributed by atoms with Crippen molar-refractivity contribution < 1.29 is 14.7 Å². The molecule has 0 saturated carbocycles. The number of amides is 1. The highest BCUT2D eigenvalue weighted by molar-refractivity contribution is 5.92. The van der Waals surface area contributed by atoms with E-state index >= 15 is 0 Å². The van der Waals surface area contributed by atoms with Gasteiger partial charge in [-0.25, -0.2) is 0 Å². The second kappa shape index (κ2) is 6.91. The zero-order valence-electron chi connectivity index (χ0n) is 11.2. The number of anilines is 1. The number of carbonyl (C=O) groups excluding carboxylic acids is 1. The minimum atomic E-state index is -0.0689. The van der Waals surface area contributed by atoms with Crippen molar-refractivity contribution in [2.45, 2.75) is 19.3 Å². The highest BCUT2D eigenvalue weighted by Crippen LogP contribution is 2.17. The third-order valence-corrected chi connectivity index (χ3v) is 3.27. The summed E-state index contributed by atoms with van der Waals surface area (Å²) in [6, 6.07) is 7.29. The number of nitrogens with zero attached hydrogens (tertiary/aromatic N) is 1. The van der Waals surface area contributed by atoms with E-state index in [4.69, 9.17) is 15.7 Å². The van der Waals surface area contributed by atoms with Gasteiger partial charge in [0.25, 0.3) is 0 Å². The summed E-state index contributed by atoms with van der Waals surface area (Å²) < 4.78 is 5.30. The Labute approximate surface area is 117 Å². The van der Waals surface area contributed by atoms with E-state index in [0.29, 0.717) is 13.0 Å². The van der Waals surface area contributed by atoms with Gasteiger partial charge in [0.2, 0.25) is 5.91 Å². The van der Waals surface area contributed by atoms with Crippen LogP contribution in [0.5, 0.6) is 0 Å². The van der Waals surface area contributed by atoms with Crippen molar-refractivity contribution in [1.82, 2.24) is 0 Å². The van der Waals surface area contributed by atoms with Crippen molar-refractivity contribution >= 4 is 17.4 Å². The highest BCUT2D eigenvalue weighted by atomic mass is 16.5. The highest BCUT2D eigenvalue weighted by Gasteiger charge is 2.21. The summed E-state index contributed by atoms with van der Waals surface area (Å²) in [6.45, 7) is 1.24. The van der Waals surface area contributed by atoms with Crippen molar-refractivity contribution in [2.75, 3.05) is 18.5 Å². The molecular weight excluding hydrogens is 258 g/mol. The summed E-state index contributed by atoms with van der Waals surface area (Å²) in [4.78, 5) is 12.0. The molecule has 1 amide bonds. The third-order valence-electron chi connectivity index (χ3n) is 3.27. The molecule has 1 aliphatic heterocycles. The van der Waals surface area contributed by atoms with Gasteiger partial charge in [0, 0.05) is 18.7 Å². The minimum Gasteiger partial charge on any atom is -0.409 e. The number of nitrogens with two attached hydrogens (primary N) is 1. The van der Waals surface area contributed by atoms with E-state index in [0.717, 1.165) is 30.7 Å². The quantitative estimate of drug-likeness (QED) is 0.335. The van der Waals surface area contributed by atoms with Crippen LogP contribution in [0.2, 0.25) is 0 Å². The fraction of sp³-hybridized carbons (Fsp3) is 0.429. The van der Waals surface area contributed by atoms with Crippen LogP contribution in [0.4, 0.5) is 5.69 Å². The second-order valence-electron chi connectivity index (χ2n) is 4.87. The molecule has 0 bridgehead atoms. The molecule has 0 radical (unpaired) electrons. The number of nitrogens with one attached hydrogen (secondary N) is 1. The van der Waals surface area contributed by atoms with Crippen LogP contribution in [0.3, 0.4) is 0 Å². The summed E-state index contributed by atoms with van der Waals surface area (Å²) in [6.07, 6.45) is 2.17. The van der Waals surface area contributed by atoms with Gasteiger partial charge in [0.05, 0.1) is 12.5 Å². The van der Waals surface area contributed by atoms with Crippen molar-refractivity contribution in [3.05, 3.63) is 29.8 Å². The van der Waals surface area contributed by atoms with Gasteiger partial charge in [-0.3, -0.25) is 4.79 Å². The first-order valence-corrected chi connectivity index (χ1v) is 6.63. The zero-order chi connectivity index (χ0) is 14.4. The van der Waals surface area contributed by atoms with Gasteiger partial charge in [0.1, 0.15) is 5.84 Å². The van der Waals surface area contributed by atoms with Crippen molar-refractivity contribution in [2.24, 2.45) is 16.8 Å². The molecule has 1 fully saturated rings. The number of benzene rings is 1. The number of hydrogen-bond acceptors (Lipinski definition) is 4. The molecule has 1 saturated heterocycles.